The van der Waals surface area contributed by atoms with Crippen molar-refractivity contribution in [3.05, 3.63) is 12.2 Å². The molecule has 0 bridgehead atoms. The SMILES string of the molecule is CCOc1nc(C)nc2c1ncn2[C@@H]1O[C@]2(F)COP(=O)(OCC)OC2[C@@]1(C)F. The van der Waals surface area contributed by atoms with E-state index in [1.165, 1.54) is 10.9 Å². The van der Waals surface area contributed by atoms with Crippen molar-refractivity contribution in [2.45, 2.75) is 51.6 Å². The molecule has 0 aromatic carbocycles. The van der Waals surface area contributed by atoms with E-state index in [2.05, 4.69) is 15.0 Å². The molecule has 2 unspecified atom stereocenters. The Morgan fingerprint density at radius 3 is 2.79 bits per heavy atom. The molecule has 29 heavy (non-hydrogen) atoms. The number of hydrogen-bond donors (Lipinski definition) is 0. The summed E-state index contributed by atoms with van der Waals surface area (Å²) < 4.78 is 70.7. The number of nitrogens with zero attached hydrogens (tertiary/aromatic N) is 4. The zero-order valence-electron chi connectivity index (χ0n) is 16.3. The minimum atomic E-state index is -4.11. The molecule has 2 fully saturated rings. The van der Waals surface area contributed by atoms with E-state index in [-0.39, 0.29) is 23.7 Å². The molecule has 2 aromatic rings. The molecule has 0 spiro atoms. The molecule has 2 aliphatic heterocycles. The third-order valence-corrected chi connectivity index (χ3v) is 6.16. The number of aromatic nitrogens is 4. The van der Waals surface area contributed by atoms with Crippen molar-refractivity contribution in [3.8, 4) is 5.88 Å². The van der Waals surface area contributed by atoms with Gasteiger partial charge >= 0.3 is 7.82 Å². The summed E-state index contributed by atoms with van der Waals surface area (Å²) >= 11 is 0. The van der Waals surface area contributed by atoms with Gasteiger partial charge in [0.25, 0.3) is 5.85 Å². The summed E-state index contributed by atoms with van der Waals surface area (Å²) in [5.74, 6) is -2.10. The van der Waals surface area contributed by atoms with E-state index >= 15 is 8.78 Å². The zero-order valence-corrected chi connectivity index (χ0v) is 17.2. The molecule has 0 saturated carbocycles. The number of rotatable bonds is 5. The van der Waals surface area contributed by atoms with E-state index in [4.69, 9.17) is 23.0 Å². The first-order chi connectivity index (χ1) is 13.6. The number of aryl methyl sites for hydroxylation is 1. The van der Waals surface area contributed by atoms with Gasteiger partial charge in [-0.25, -0.2) is 23.3 Å². The number of phosphoric acid groups is 1. The fourth-order valence-corrected chi connectivity index (χ4v) is 4.96. The van der Waals surface area contributed by atoms with E-state index in [1.807, 2.05) is 0 Å². The Balaban J connectivity index is 1.76. The Kier molecular flexibility index (Phi) is 4.90. The van der Waals surface area contributed by atoms with Crippen LogP contribution in [0.25, 0.3) is 11.2 Å². The quantitative estimate of drug-likeness (QED) is 0.657. The fourth-order valence-electron chi connectivity index (χ4n) is 3.49. The lowest BCUT2D eigenvalue weighted by Gasteiger charge is -2.36. The van der Waals surface area contributed by atoms with Gasteiger partial charge in [-0.1, -0.05) is 0 Å². The Hall–Kier alpha value is -1.72. The van der Waals surface area contributed by atoms with Crippen molar-refractivity contribution >= 4 is 19.0 Å². The number of phosphoric ester groups is 1. The number of fused-ring (bicyclic) bond motifs is 2. The Bertz CT molecular complexity index is 988. The molecule has 5 atom stereocenters. The maximum atomic E-state index is 15.8. The van der Waals surface area contributed by atoms with E-state index in [0.717, 1.165) is 6.92 Å². The molecule has 4 heterocycles. The van der Waals surface area contributed by atoms with Gasteiger partial charge in [-0.05, 0) is 27.7 Å². The standard InChI is InChI=1S/C16H21F2N4O6P/c1-5-24-12-10-11(20-9(3)21-12)22(8-19-10)14-15(4,17)13-16(18,27-14)7-26-29(23,28-13)25-6-2/h8,13-14H,5-7H2,1-4H3/t13?,14-,15-,16-,29?/m1/s1. The van der Waals surface area contributed by atoms with Crippen LogP contribution in [0.4, 0.5) is 8.78 Å². The lowest BCUT2D eigenvalue weighted by molar-refractivity contribution is -0.219. The third-order valence-electron chi connectivity index (χ3n) is 4.67. The monoisotopic (exact) mass is 434 g/mol. The first-order valence-corrected chi connectivity index (χ1v) is 10.6. The molecular weight excluding hydrogens is 413 g/mol. The minimum Gasteiger partial charge on any atom is -0.476 e. The molecule has 0 N–H and O–H groups in total. The molecule has 2 aromatic heterocycles. The van der Waals surface area contributed by atoms with Crippen LogP contribution in [-0.4, -0.2) is 57.0 Å². The van der Waals surface area contributed by atoms with Crippen LogP contribution in [0, 0.1) is 6.92 Å². The van der Waals surface area contributed by atoms with Gasteiger partial charge in [0.05, 0.1) is 19.5 Å². The van der Waals surface area contributed by atoms with Gasteiger partial charge in [-0.3, -0.25) is 18.1 Å². The number of halogens is 2. The molecule has 160 valence electrons. The summed E-state index contributed by atoms with van der Waals surface area (Å²) in [7, 11) is -4.11. The largest absolute Gasteiger partial charge is 0.476 e. The van der Waals surface area contributed by atoms with Gasteiger partial charge in [0, 0.05) is 0 Å². The zero-order chi connectivity index (χ0) is 21.0. The van der Waals surface area contributed by atoms with Crippen molar-refractivity contribution in [2.24, 2.45) is 0 Å². The second-order valence-electron chi connectivity index (χ2n) is 6.86. The summed E-state index contributed by atoms with van der Waals surface area (Å²) in [6.07, 6.45) is -2.12. The van der Waals surface area contributed by atoms with E-state index in [9.17, 15) is 4.57 Å². The highest BCUT2D eigenvalue weighted by atomic mass is 31.2. The first-order valence-electron chi connectivity index (χ1n) is 9.10. The minimum absolute atomic E-state index is 0.0148. The van der Waals surface area contributed by atoms with Crippen molar-refractivity contribution in [1.82, 2.24) is 19.5 Å². The van der Waals surface area contributed by atoms with Crippen LogP contribution in [0.15, 0.2) is 6.33 Å². The number of hydrogen-bond acceptors (Lipinski definition) is 9. The number of imidazole rings is 1. The van der Waals surface area contributed by atoms with Gasteiger partial charge < -0.3 is 9.47 Å². The molecule has 0 amide bonds. The van der Waals surface area contributed by atoms with Crippen molar-refractivity contribution < 1.29 is 36.4 Å². The highest BCUT2D eigenvalue weighted by molar-refractivity contribution is 7.48. The molecule has 0 radical (unpaired) electrons. The summed E-state index contributed by atoms with van der Waals surface area (Å²) in [6.45, 7) is 5.58. The molecule has 2 aliphatic rings. The summed E-state index contributed by atoms with van der Waals surface area (Å²) in [5.41, 5.74) is -1.98. The molecule has 4 rings (SSSR count). The molecule has 0 aliphatic carbocycles. The average Bonchev–Trinajstić information content (AvgIpc) is 3.14. The average molecular weight is 434 g/mol. The van der Waals surface area contributed by atoms with Crippen molar-refractivity contribution in [3.63, 3.8) is 0 Å². The summed E-state index contributed by atoms with van der Waals surface area (Å²) in [6, 6.07) is 0. The maximum Gasteiger partial charge on any atom is 0.475 e. The topological polar surface area (TPSA) is 107 Å². The van der Waals surface area contributed by atoms with Gasteiger partial charge in [-0.2, -0.15) is 4.98 Å². The highest BCUT2D eigenvalue weighted by Gasteiger charge is 2.70. The van der Waals surface area contributed by atoms with Crippen LogP contribution in [0.5, 0.6) is 5.88 Å². The van der Waals surface area contributed by atoms with Crippen LogP contribution in [-0.2, 0) is 22.9 Å². The second kappa shape index (κ2) is 6.92. The number of ether oxygens (including phenoxy) is 2. The fraction of sp³-hybridized carbons (Fsp3) is 0.688. The van der Waals surface area contributed by atoms with Gasteiger partial charge in [0.15, 0.2) is 29.2 Å². The Labute approximate surface area is 165 Å². The predicted molar refractivity (Wildman–Crippen MR) is 94.8 cm³/mol. The molecule has 10 nitrogen and oxygen atoms in total. The third kappa shape index (κ3) is 3.23. The van der Waals surface area contributed by atoms with E-state index < -0.39 is 38.3 Å². The lowest BCUT2D eigenvalue weighted by atomic mass is 9.97. The number of alkyl halides is 2. The van der Waals surface area contributed by atoms with Gasteiger partial charge in [-0.15, -0.1) is 0 Å². The highest BCUT2D eigenvalue weighted by Crippen LogP contribution is 2.63. The molecular formula is C16H21F2N4O6P. The van der Waals surface area contributed by atoms with Crippen LogP contribution >= 0.6 is 7.82 Å². The maximum absolute atomic E-state index is 15.8. The summed E-state index contributed by atoms with van der Waals surface area (Å²) in [5, 5.41) is 0. The van der Waals surface area contributed by atoms with Crippen molar-refractivity contribution in [1.29, 1.82) is 0 Å². The van der Waals surface area contributed by atoms with Crippen LogP contribution < -0.4 is 4.74 Å². The van der Waals surface area contributed by atoms with Crippen LogP contribution in [0.3, 0.4) is 0 Å². The molecule has 2 saturated heterocycles. The van der Waals surface area contributed by atoms with E-state index in [0.29, 0.717) is 12.4 Å². The first kappa shape index (κ1) is 20.5. The van der Waals surface area contributed by atoms with Gasteiger partial charge in [0.2, 0.25) is 5.88 Å². The van der Waals surface area contributed by atoms with Crippen LogP contribution in [0.1, 0.15) is 32.8 Å². The van der Waals surface area contributed by atoms with E-state index in [1.54, 1.807) is 20.8 Å². The van der Waals surface area contributed by atoms with Crippen molar-refractivity contribution in [2.75, 3.05) is 19.8 Å². The normalized spacial score (nSPS) is 37.0. The molecule has 13 heteroatoms. The predicted octanol–water partition coefficient (Wildman–Crippen LogP) is 3.02. The van der Waals surface area contributed by atoms with Crippen LogP contribution in [0.2, 0.25) is 0 Å². The Morgan fingerprint density at radius 2 is 2.10 bits per heavy atom. The summed E-state index contributed by atoms with van der Waals surface area (Å²) in [4.78, 5) is 12.6. The lowest BCUT2D eigenvalue weighted by Crippen LogP contribution is -2.50. The second-order valence-corrected chi connectivity index (χ2v) is 8.49. The smallest absolute Gasteiger partial charge is 0.475 e. The Morgan fingerprint density at radius 1 is 1.34 bits per heavy atom. The van der Waals surface area contributed by atoms with Gasteiger partial charge in [0.1, 0.15) is 12.4 Å².